The molecule has 1 aromatic heterocycles. The molecule has 19 heavy (non-hydrogen) atoms. The van der Waals surface area contributed by atoms with Gasteiger partial charge in [0.15, 0.2) is 11.7 Å². The van der Waals surface area contributed by atoms with E-state index in [0.29, 0.717) is 18.9 Å². The van der Waals surface area contributed by atoms with Crippen molar-refractivity contribution >= 4 is 0 Å². The van der Waals surface area contributed by atoms with Gasteiger partial charge in [-0.3, -0.25) is 0 Å². The number of hydrogen-bond donors (Lipinski definition) is 1. The molecule has 0 saturated carbocycles. The van der Waals surface area contributed by atoms with Crippen LogP contribution < -0.4 is 5.73 Å². The van der Waals surface area contributed by atoms with Crippen molar-refractivity contribution in [1.29, 1.82) is 0 Å². The first kappa shape index (κ1) is 13.8. The third-order valence-electron chi connectivity index (χ3n) is 3.55. The van der Waals surface area contributed by atoms with Crippen molar-refractivity contribution < 1.29 is 4.42 Å². The van der Waals surface area contributed by atoms with Crippen LogP contribution in [0.5, 0.6) is 0 Å². The average Bonchev–Trinajstić information content (AvgIpc) is 2.79. The van der Waals surface area contributed by atoms with Crippen LogP contribution in [-0.4, -0.2) is 11.5 Å². The molecule has 3 heteroatoms. The average molecular weight is 258 g/mol. The van der Waals surface area contributed by atoms with Crippen molar-refractivity contribution in [2.75, 3.05) is 6.54 Å². The molecule has 0 aliphatic rings. The fourth-order valence-corrected chi connectivity index (χ4v) is 2.15. The van der Waals surface area contributed by atoms with Crippen molar-refractivity contribution in [2.45, 2.75) is 39.5 Å². The monoisotopic (exact) mass is 258 g/mol. The van der Waals surface area contributed by atoms with Crippen LogP contribution in [0, 0.1) is 6.92 Å². The van der Waals surface area contributed by atoms with E-state index < -0.39 is 0 Å². The Morgan fingerprint density at radius 1 is 1.26 bits per heavy atom. The van der Waals surface area contributed by atoms with Crippen LogP contribution in [0.2, 0.25) is 0 Å². The molecule has 3 nitrogen and oxygen atoms in total. The second-order valence-corrected chi connectivity index (χ2v) is 4.99. The summed E-state index contributed by atoms with van der Waals surface area (Å²) < 4.78 is 5.78. The van der Waals surface area contributed by atoms with Gasteiger partial charge in [0.25, 0.3) is 0 Å². The molecule has 0 bridgehead atoms. The molecule has 1 heterocycles. The maximum absolute atomic E-state index is 5.78. The Hall–Kier alpha value is -1.61. The molecule has 0 aliphatic carbocycles. The van der Waals surface area contributed by atoms with Gasteiger partial charge in [0.1, 0.15) is 0 Å². The van der Waals surface area contributed by atoms with E-state index in [0.717, 1.165) is 29.3 Å². The SMILES string of the molecule is CCC(C)c1ccc(-c2oc(CCN)nc2C)cc1. The first-order valence-corrected chi connectivity index (χ1v) is 6.92. The minimum atomic E-state index is 0.562. The molecule has 0 fully saturated rings. The third-order valence-corrected chi connectivity index (χ3v) is 3.55. The number of nitrogens with two attached hydrogens (primary N) is 1. The standard InChI is InChI=1S/C16H22N2O/c1-4-11(2)13-5-7-14(8-6-13)16-12(3)18-15(19-16)9-10-17/h5-8,11H,4,9-10,17H2,1-3H3. The van der Waals surface area contributed by atoms with E-state index in [-0.39, 0.29) is 0 Å². The zero-order chi connectivity index (χ0) is 13.8. The number of oxazole rings is 1. The quantitative estimate of drug-likeness (QED) is 0.890. The zero-order valence-corrected chi connectivity index (χ0v) is 11.9. The van der Waals surface area contributed by atoms with Crippen molar-refractivity contribution in [3.05, 3.63) is 41.4 Å². The molecule has 1 atom stereocenters. The molecule has 1 unspecified atom stereocenters. The molecule has 0 spiro atoms. The third kappa shape index (κ3) is 3.04. The highest BCUT2D eigenvalue weighted by Crippen LogP contribution is 2.27. The summed E-state index contributed by atoms with van der Waals surface area (Å²) in [4.78, 5) is 4.40. The molecule has 102 valence electrons. The van der Waals surface area contributed by atoms with Gasteiger partial charge in [0.2, 0.25) is 0 Å². The van der Waals surface area contributed by atoms with Crippen LogP contribution in [0.4, 0.5) is 0 Å². The van der Waals surface area contributed by atoms with Gasteiger partial charge in [-0.1, -0.05) is 38.1 Å². The van der Waals surface area contributed by atoms with Crippen LogP contribution in [-0.2, 0) is 6.42 Å². The lowest BCUT2D eigenvalue weighted by Gasteiger charge is -2.09. The number of aromatic nitrogens is 1. The second-order valence-electron chi connectivity index (χ2n) is 4.99. The Morgan fingerprint density at radius 2 is 1.95 bits per heavy atom. The summed E-state index contributed by atoms with van der Waals surface area (Å²) in [6.45, 7) is 6.99. The van der Waals surface area contributed by atoms with Gasteiger partial charge < -0.3 is 10.2 Å². The van der Waals surface area contributed by atoms with E-state index in [2.05, 4.69) is 43.1 Å². The normalized spacial score (nSPS) is 12.6. The molecule has 2 aromatic rings. The summed E-state index contributed by atoms with van der Waals surface area (Å²) in [5.74, 6) is 2.18. The molecular formula is C16H22N2O. The second kappa shape index (κ2) is 6.02. The highest BCUT2D eigenvalue weighted by atomic mass is 16.4. The minimum absolute atomic E-state index is 0.562. The summed E-state index contributed by atoms with van der Waals surface area (Å²) in [6.07, 6.45) is 1.84. The summed E-state index contributed by atoms with van der Waals surface area (Å²) >= 11 is 0. The molecule has 2 N–H and O–H groups in total. The van der Waals surface area contributed by atoms with Gasteiger partial charge in [-0.25, -0.2) is 4.98 Å². The Kier molecular flexibility index (Phi) is 4.38. The fraction of sp³-hybridized carbons (Fsp3) is 0.438. The van der Waals surface area contributed by atoms with Crippen LogP contribution in [0.3, 0.4) is 0 Å². The molecule has 0 amide bonds. The summed E-state index contributed by atoms with van der Waals surface area (Å²) in [5.41, 5.74) is 8.91. The molecule has 0 saturated heterocycles. The number of benzene rings is 1. The summed E-state index contributed by atoms with van der Waals surface area (Å²) in [7, 11) is 0. The molecule has 0 aliphatic heterocycles. The van der Waals surface area contributed by atoms with Crippen LogP contribution in [0.1, 0.15) is 43.3 Å². The van der Waals surface area contributed by atoms with Crippen LogP contribution in [0.15, 0.2) is 28.7 Å². The van der Waals surface area contributed by atoms with Crippen molar-refractivity contribution in [2.24, 2.45) is 5.73 Å². The zero-order valence-electron chi connectivity index (χ0n) is 11.9. The van der Waals surface area contributed by atoms with E-state index in [4.69, 9.17) is 10.2 Å². The summed E-state index contributed by atoms with van der Waals surface area (Å²) in [5, 5.41) is 0. The van der Waals surface area contributed by atoms with Crippen molar-refractivity contribution in [3.63, 3.8) is 0 Å². The Balaban J connectivity index is 2.26. The fourth-order valence-electron chi connectivity index (χ4n) is 2.15. The summed E-state index contributed by atoms with van der Waals surface area (Å²) in [6, 6.07) is 8.57. The number of rotatable bonds is 5. The van der Waals surface area contributed by atoms with Gasteiger partial charge in [0.05, 0.1) is 5.69 Å². The van der Waals surface area contributed by atoms with E-state index in [1.807, 2.05) is 6.92 Å². The van der Waals surface area contributed by atoms with E-state index in [1.54, 1.807) is 0 Å². The Morgan fingerprint density at radius 3 is 2.53 bits per heavy atom. The number of nitrogens with zero attached hydrogens (tertiary/aromatic N) is 1. The van der Waals surface area contributed by atoms with E-state index in [1.165, 1.54) is 5.56 Å². The van der Waals surface area contributed by atoms with Gasteiger partial charge in [-0.2, -0.15) is 0 Å². The van der Waals surface area contributed by atoms with Gasteiger partial charge in [0, 0.05) is 18.5 Å². The highest BCUT2D eigenvalue weighted by Gasteiger charge is 2.11. The van der Waals surface area contributed by atoms with Gasteiger partial charge in [-0.05, 0) is 24.8 Å². The Labute approximate surface area is 114 Å². The number of aryl methyl sites for hydroxylation is 1. The predicted octanol–water partition coefficient (Wildman–Crippen LogP) is 3.66. The van der Waals surface area contributed by atoms with E-state index >= 15 is 0 Å². The van der Waals surface area contributed by atoms with Crippen LogP contribution >= 0.6 is 0 Å². The lowest BCUT2D eigenvalue weighted by Crippen LogP contribution is -2.02. The predicted molar refractivity (Wildman–Crippen MR) is 78.1 cm³/mol. The first-order chi connectivity index (χ1) is 9.15. The van der Waals surface area contributed by atoms with Gasteiger partial charge in [-0.15, -0.1) is 0 Å². The highest BCUT2D eigenvalue weighted by molar-refractivity contribution is 5.60. The smallest absolute Gasteiger partial charge is 0.196 e. The number of hydrogen-bond acceptors (Lipinski definition) is 3. The first-order valence-electron chi connectivity index (χ1n) is 6.92. The lowest BCUT2D eigenvalue weighted by molar-refractivity contribution is 0.508. The van der Waals surface area contributed by atoms with Crippen molar-refractivity contribution in [3.8, 4) is 11.3 Å². The van der Waals surface area contributed by atoms with Gasteiger partial charge >= 0.3 is 0 Å². The van der Waals surface area contributed by atoms with Crippen molar-refractivity contribution in [1.82, 2.24) is 4.98 Å². The Bertz CT molecular complexity index is 528. The topological polar surface area (TPSA) is 52.0 Å². The maximum atomic E-state index is 5.78. The van der Waals surface area contributed by atoms with Crippen LogP contribution in [0.25, 0.3) is 11.3 Å². The maximum Gasteiger partial charge on any atom is 0.196 e. The largest absolute Gasteiger partial charge is 0.440 e. The van der Waals surface area contributed by atoms with E-state index in [9.17, 15) is 0 Å². The molecular weight excluding hydrogens is 236 g/mol. The molecule has 2 rings (SSSR count). The molecule has 1 aromatic carbocycles. The minimum Gasteiger partial charge on any atom is -0.440 e. The molecule has 0 radical (unpaired) electrons. The lowest BCUT2D eigenvalue weighted by atomic mass is 9.97.